The second-order valence-corrected chi connectivity index (χ2v) is 6.09. The van der Waals surface area contributed by atoms with E-state index in [-0.39, 0.29) is 11.3 Å². The third kappa shape index (κ3) is 2.47. The summed E-state index contributed by atoms with van der Waals surface area (Å²) in [4.78, 5) is 13.6. The van der Waals surface area contributed by atoms with Gasteiger partial charge in [-0.1, -0.05) is 6.07 Å². The summed E-state index contributed by atoms with van der Waals surface area (Å²) in [7, 11) is -3.10. The van der Waals surface area contributed by atoms with E-state index in [2.05, 4.69) is 4.98 Å². The number of aromatic nitrogens is 1. The maximum atomic E-state index is 11.2. The Balaban J connectivity index is 2.52. The Kier molecular flexibility index (Phi) is 2.66. The Labute approximate surface area is 98.0 Å². The van der Waals surface area contributed by atoms with E-state index in [0.717, 1.165) is 11.6 Å². The molecule has 2 rings (SSSR count). The van der Waals surface area contributed by atoms with Gasteiger partial charge in [0.15, 0.2) is 9.84 Å². The zero-order chi connectivity index (χ0) is 12.6. The van der Waals surface area contributed by atoms with Gasteiger partial charge in [0.1, 0.15) is 0 Å². The maximum Gasteiger partial charge on any atom is 0.335 e. The molecule has 0 amide bonds. The lowest BCUT2D eigenvalue weighted by molar-refractivity contribution is 0.0697. The molecule has 1 heterocycles. The normalized spacial score (nSPS) is 11.8. The van der Waals surface area contributed by atoms with Gasteiger partial charge >= 0.3 is 5.97 Å². The molecule has 0 saturated heterocycles. The second kappa shape index (κ2) is 3.89. The molecule has 0 bridgehead atoms. The van der Waals surface area contributed by atoms with Crippen LogP contribution in [0.25, 0.3) is 10.9 Å². The van der Waals surface area contributed by atoms with Crippen LogP contribution in [0.3, 0.4) is 0 Å². The molecule has 0 saturated carbocycles. The first-order valence-corrected chi connectivity index (χ1v) is 6.94. The van der Waals surface area contributed by atoms with Crippen molar-refractivity contribution >= 4 is 26.7 Å². The van der Waals surface area contributed by atoms with Crippen molar-refractivity contribution in [2.24, 2.45) is 0 Å². The van der Waals surface area contributed by atoms with E-state index in [9.17, 15) is 13.2 Å². The summed E-state index contributed by atoms with van der Waals surface area (Å²) in [5.41, 5.74) is 1.45. The van der Waals surface area contributed by atoms with Crippen molar-refractivity contribution < 1.29 is 18.3 Å². The number of nitrogens with one attached hydrogen (secondary N) is 1. The molecule has 0 atom stereocenters. The summed E-state index contributed by atoms with van der Waals surface area (Å²) in [5.74, 6) is -1.06. The fraction of sp³-hybridized carbons (Fsp3) is 0.182. The van der Waals surface area contributed by atoms with Crippen molar-refractivity contribution in [2.45, 2.75) is 5.75 Å². The number of rotatable bonds is 3. The van der Waals surface area contributed by atoms with Crippen LogP contribution in [0, 0.1) is 0 Å². The van der Waals surface area contributed by atoms with Crippen LogP contribution in [0.1, 0.15) is 15.9 Å². The number of hydrogen-bond donors (Lipinski definition) is 2. The number of hydrogen-bond acceptors (Lipinski definition) is 3. The van der Waals surface area contributed by atoms with E-state index in [1.165, 1.54) is 12.1 Å². The van der Waals surface area contributed by atoms with E-state index in [0.29, 0.717) is 11.1 Å². The number of H-pyrrole nitrogens is 1. The molecule has 2 aromatic rings. The summed E-state index contributed by atoms with van der Waals surface area (Å²) in [6, 6.07) is 4.57. The van der Waals surface area contributed by atoms with Crippen molar-refractivity contribution in [2.75, 3.05) is 6.26 Å². The average molecular weight is 253 g/mol. The fourth-order valence-electron chi connectivity index (χ4n) is 1.72. The summed E-state index contributed by atoms with van der Waals surface area (Å²) < 4.78 is 22.4. The summed E-state index contributed by atoms with van der Waals surface area (Å²) in [6.07, 6.45) is 2.76. The highest BCUT2D eigenvalue weighted by molar-refractivity contribution is 7.89. The molecule has 5 nitrogen and oxygen atoms in total. The molecule has 0 fully saturated rings. The van der Waals surface area contributed by atoms with Crippen LogP contribution in [-0.4, -0.2) is 30.7 Å². The molecule has 0 aliphatic heterocycles. The topological polar surface area (TPSA) is 87.2 Å². The van der Waals surface area contributed by atoms with Crippen LogP contribution in [-0.2, 0) is 15.6 Å². The Morgan fingerprint density at radius 2 is 2.12 bits per heavy atom. The van der Waals surface area contributed by atoms with Gasteiger partial charge in [0, 0.05) is 23.4 Å². The number of benzene rings is 1. The number of carboxylic acids is 1. The van der Waals surface area contributed by atoms with Gasteiger partial charge in [-0.2, -0.15) is 0 Å². The Bertz CT molecular complexity index is 685. The number of carbonyl (C=O) groups is 1. The van der Waals surface area contributed by atoms with E-state index >= 15 is 0 Å². The molecule has 17 heavy (non-hydrogen) atoms. The number of carboxylic acid groups (broad SMARTS) is 1. The van der Waals surface area contributed by atoms with Gasteiger partial charge in [-0.15, -0.1) is 0 Å². The Morgan fingerprint density at radius 1 is 1.41 bits per heavy atom. The van der Waals surface area contributed by atoms with Crippen LogP contribution >= 0.6 is 0 Å². The van der Waals surface area contributed by atoms with Crippen molar-refractivity contribution in [3.8, 4) is 0 Å². The van der Waals surface area contributed by atoms with Crippen LogP contribution in [0.5, 0.6) is 0 Å². The van der Waals surface area contributed by atoms with Crippen molar-refractivity contribution in [1.29, 1.82) is 0 Å². The van der Waals surface area contributed by atoms with Crippen molar-refractivity contribution in [3.63, 3.8) is 0 Å². The van der Waals surface area contributed by atoms with E-state index in [1.807, 2.05) is 0 Å². The highest BCUT2D eigenvalue weighted by atomic mass is 32.2. The molecule has 0 spiro atoms. The van der Waals surface area contributed by atoms with Gasteiger partial charge in [0.05, 0.1) is 11.3 Å². The smallest absolute Gasteiger partial charge is 0.335 e. The average Bonchev–Trinajstić information content (AvgIpc) is 2.58. The Morgan fingerprint density at radius 3 is 2.71 bits per heavy atom. The SMILES string of the molecule is CS(=O)(=O)Cc1c[nH]c2cc(C(=O)O)ccc12. The lowest BCUT2D eigenvalue weighted by Gasteiger charge is -1.98. The van der Waals surface area contributed by atoms with Gasteiger partial charge in [-0.3, -0.25) is 0 Å². The van der Waals surface area contributed by atoms with Gasteiger partial charge in [-0.05, 0) is 17.7 Å². The summed E-state index contributed by atoms with van der Waals surface area (Å²) in [6.45, 7) is 0. The molecule has 0 radical (unpaired) electrons. The fourth-order valence-corrected chi connectivity index (χ4v) is 2.52. The summed E-state index contributed by atoms with van der Waals surface area (Å²) in [5, 5.41) is 9.56. The number of sulfone groups is 1. The number of fused-ring (bicyclic) bond motifs is 1. The van der Waals surface area contributed by atoms with Crippen LogP contribution < -0.4 is 0 Å². The minimum Gasteiger partial charge on any atom is -0.478 e. The van der Waals surface area contributed by atoms with Gasteiger partial charge in [0.25, 0.3) is 0 Å². The molecule has 0 aliphatic rings. The lowest BCUT2D eigenvalue weighted by Crippen LogP contribution is -2.00. The molecule has 1 aromatic heterocycles. The second-order valence-electron chi connectivity index (χ2n) is 3.95. The minimum atomic E-state index is -3.10. The number of aromatic carboxylic acids is 1. The van der Waals surface area contributed by atoms with Gasteiger partial charge < -0.3 is 10.1 Å². The predicted octanol–water partition coefficient (Wildman–Crippen LogP) is 1.41. The zero-order valence-corrected chi connectivity index (χ0v) is 9.91. The highest BCUT2D eigenvalue weighted by Crippen LogP contribution is 2.21. The van der Waals surface area contributed by atoms with E-state index in [4.69, 9.17) is 5.11 Å². The first-order valence-electron chi connectivity index (χ1n) is 4.88. The molecule has 0 aliphatic carbocycles. The third-order valence-corrected chi connectivity index (χ3v) is 3.27. The van der Waals surface area contributed by atoms with Crippen LogP contribution in [0.4, 0.5) is 0 Å². The highest BCUT2D eigenvalue weighted by Gasteiger charge is 2.11. The predicted molar refractivity (Wildman–Crippen MR) is 63.8 cm³/mol. The van der Waals surface area contributed by atoms with Gasteiger partial charge in [0.2, 0.25) is 0 Å². The largest absolute Gasteiger partial charge is 0.478 e. The zero-order valence-electron chi connectivity index (χ0n) is 9.10. The standard InChI is InChI=1S/C11H11NO4S/c1-17(15,16)6-8-5-12-10-4-7(11(13)14)2-3-9(8)10/h2-5,12H,6H2,1H3,(H,13,14). The summed E-state index contributed by atoms with van der Waals surface area (Å²) >= 11 is 0. The molecule has 0 unspecified atom stereocenters. The van der Waals surface area contributed by atoms with Crippen molar-refractivity contribution in [1.82, 2.24) is 4.98 Å². The minimum absolute atomic E-state index is 0.0561. The third-order valence-electron chi connectivity index (χ3n) is 2.43. The Hall–Kier alpha value is -1.82. The molecular formula is C11H11NO4S. The van der Waals surface area contributed by atoms with Crippen LogP contribution in [0.15, 0.2) is 24.4 Å². The number of aromatic amines is 1. The molecule has 6 heteroatoms. The van der Waals surface area contributed by atoms with Gasteiger partial charge in [-0.25, -0.2) is 13.2 Å². The quantitative estimate of drug-likeness (QED) is 0.865. The lowest BCUT2D eigenvalue weighted by atomic mass is 10.1. The van der Waals surface area contributed by atoms with Crippen molar-refractivity contribution in [3.05, 3.63) is 35.5 Å². The maximum absolute atomic E-state index is 11.2. The molecule has 2 N–H and O–H groups in total. The molecular weight excluding hydrogens is 242 g/mol. The van der Waals surface area contributed by atoms with E-state index < -0.39 is 15.8 Å². The molecule has 1 aromatic carbocycles. The van der Waals surface area contributed by atoms with E-state index in [1.54, 1.807) is 12.3 Å². The monoisotopic (exact) mass is 253 g/mol. The first-order chi connectivity index (χ1) is 7.87. The molecule has 90 valence electrons. The van der Waals surface area contributed by atoms with Crippen LogP contribution in [0.2, 0.25) is 0 Å². The first kappa shape index (κ1) is 11.7.